The van der Waals surface area contributed by atoms with E-state index in [1.54, 1.807) is 7.11 Å². The monoisotopic (exact) mass is 225 g/mol. The van der Waals surface area contributed by atoms with Crippen molar-refractivity contribution in [1.82, 2.24) is 14.9 Å². The highest BCUT2D eigenvalue weighted by Crippen LogP contribution is 2.00. The molecule has 0 atom stereocenters. The summed E-state index contributed by atoms with van der Waals surface area (Å²) in [5.41, 5.74) is 0. The molecule has 0 fully saturated rings. The van der Waals surface area contributed by atoms with Crippen molar-refractivity contribution in [2.45, 2.75) is 33.4 Å². The van der Waals surface area contributed by atoms with Gasteiger partial charge in [-0.1, -0.05) is 13.8 Å². The molecule has 1 aromatic heterocycles. The number of hydrogen-bond donors (Lipinski definition) is 1. The predicted molar refractivity (Wildman–Crippen MR) is 65.3 cm³/mol. The van der Waals surface area contributed by atoms with Crippen molar-refractivity contribution >= 4 is 0 Å². The lowest BCUT2D eigenvalue weighted by atomic mass is 10.2. The average molecular weight is 225 g/mol. The molecule has 1 aromatic rings. The molecule has 0 saturated carbocycles. The number of imidazole rings is 1. The van der Waals surface area contributed by atoms with E-state index in [9.17, 15) is 0 Å². The Balaban J connectivity index is 2.32. The van der Waals surface area contributed by atoms with Gasteiger partial charge in [0.2, 0.25) is 0 Å². The Morgan fingerprint density at radius 1 is 1.50 bits per heavy atom. The van der Waals surface area contributed by atoms with E-state index in [0.717, 1.165) is 38.5 Å². The van der Waals surface area contributed by atoms with E-state index in [2.05, 4.69) is 28.7 Å². The highest BCUT2D eigenvalue weighted by molar-refractivity contribution is 4.91. The Morgan fingerprint density at radius 2 is 2.31 bits per heavy atom. The molecule has 0 aliphatic rings. The number of rotatable bonds is 8. The fourth-order valence-electron chi connectivity index (χ4n) is 1.56. The molecular weight excluding hydrogens is 202 g/mol. The van der Waals surface area contributed by atoms with Gasteiger partial charge < -0.3 is 14.6 Å². The molecule has 4 nitrogen and oxygen atoms in total. The normalized spacial score (nSPS) is 11.2. The summed E-state index contributed by atoms with van der Waals surface area (Å²) in [4.78, 5) is 4.35. The highest BCUT2D eigenvalue weighted by atomic mass is 16.5. The van der Waals surface area contributed by atoms with E-state index in [1.807, 2.05) is 12.4 Å². The second-order valence-electron chi connectivity index (χ2n) is 4.41. The van der Waals surface area contributed by atoms with E-state index >= 15 is 0 Å². The van der Waals surface area contributed by atoms with Crippen molar-refractivity contribution in [2.24, 2.45) is 5.92 Å². The maximum atomic E-state index is 5.04. The van der Waals surface area contributed by atoms with Crippen molar-refractivity contribution in [3.05, 3.63) is 18.2 Å². The van der Waals surface area contributed by atoms with Crippen LogP contribution in [0.3, 0.4) is 0 Å². The summed E-state index contributed by atoms with van der Waals surface area (Å²) in [5, 5.41) is 3.40. The molecule has 1 heterocycles. The van der Waals surface area contributed by atoms with Crippen LogP contribution in [0.1, 0.15) is 26.1 Å². The maximum Gasteiger partial charge on any atom is 0.122 e. The third-order valence-electron chi connectivity index (χ3n) is 2.38. The second kappa shape index (κ2) is 7.41. The molecule has 0 aliphatic heterocycles. The summed E-state index contributed by atoms with van der Waals surface area (Å²) in [6.45, 7) is 8.07. The Labute approximate surface area is 98.0 Å². The summed E-state index contributed by atoms with van der Waals surface area (Å²) in [5.74, 6) is 1.79. The first-order valence-electron chi connectivity index (χ1n) is 5.93. The number of nitrogens with zero attached hydrogens (tertiary/aromatic N) is 2. The zero-order chi connectivity index (χ0) is 11.8. The van der Waals surface area contributed by atoms with Gasteiger partial charge in [0.1, 0.15) is 5.82 Å². The number of nitrogens with one attached hydrogen (secondary N) is 1. The molecular formula is C12H23N3O. The van der Waals surface area contributed by atoms with Crippen LogP contribution in [0.4, 0.5) is 0 Å². The minimum absolute atomic E-state index is 0.678. The van der Waals surface area contributed by atoms with Gasteiger partial charge in [-0.25, -0.2) is 4.98 Å². The minimum Gasteiger partial charge on any atom is -0.385 e. The number of hydrogen-bond acceptors (Lipinski definition) is 3. The van der Waals surface area contributed by atoms with Crippen molar-refractivity contribution in [2.75, 3.05) is 20.3 Å². The van der Waals surface area contributed by atoms with E-state index in [4.69, 9.17) is 4.74 Å². The fourth-order valence-corrected chi connectivity index (χ4v) is 1.56. The summed E-state index contributed by atoms with van der Waals surface area (Å²) in [6, 6.07) is 0. The standard InChI is InChI=1S/C12H23N3O/c1-11(2)9-13-10-12-14-5-7-15(12)6-4-8-16-3/h5,7,11,13H,4,6,8-10H2,1-3H3. The van der Waals surface area contributed by atoms with E-state index < -0.39 is 0 Å². The van der Waals surface area contributed by atoms with Gasteiger partial charge in [0, 0.05) is 32.7 Å². The fraction of sp³-hybridized carbons (Fsp3) is 0.750. The number of ether oxygens (including phenoxy) is 1. The van der Waals surface area contributed by atoms with E-state index in [-0.39, 0.29) is 0 Å². The van der Waals surface area contributed by atoms with Crippen LogP contribution in [0.15, 0.2) is 12.4 Å². The van der Waals surface area contributed by atoms with Gasteiger partial charge in [-0.2, -0.15) is 0 Å². The second-order valence-corrected chi connectivity index (χ2v) is 4.41. The number of methoxy groups -OCH3 is 1. The highest BCUT2D eigenvalue weighted by Gasteiger charge is 2.02. The zero-order valence-electron chi connectivity index (χ0n) is 10.6. The maximum absolute atomic E-state index is 5.04. The number of aryl methyl sites for hydroxylation is 1. The smallest absolute Gasteiger partial charge is 0.122 e. The Kier molecular flexibility index (Phi) is 6.11. The van der Waals surface area contributed by atoms with Crippen LogP contribution in [0.2, 0.25) is 0 Å². The van der Waals surface area contributed by atoms with Gasteiger partial charge in [0.05, 0.1) is 6.54 Å². The molecule has 0 spiro atoms. The lowest BCUT2D eigenvalue weighted by Gasteiger charge is -2.09. The van der Waals surface area contributed by atoms with Crippen LogP contribution in [-0.2, 0) is 17.8 Å². The van der Waals surface area contributed by atoms with Gasteiger partial charge in [0.15, 0.2) is 0 Å². The molecule has 0 amide bonds. The van der Waals surface area contributed by atoms with Crippen LogP contribution < -0.4 is 5.32 Å². The third kappa shape index (κ3) is 4.77. The Hall–Kier alpha value is -0.870. The first-order chi connectivity index (χ1) is 7.74. The molecule has 92 valence electrons. The summed E-state index contributed by atoms with van der Waals surface area (Å²) in [6.07, 6.45) is 4.92. The molecule has 1 N–H and O–H groups in total. The van der Waals surface area contributed by atoms with Crippen molar-refractivity contribution in [3.63, 3.8) is 0 Å². The number of aromatic nitrogens is 2. The molecule has 0 bridgehead atoms. The van der Waals surface area contributed by atoms with Crippen molar-refractivity contribution in [3.8, 4) is 0 Å². The molecule has 0 aromatic carbocycles. The third-order valence-corrected chi connectivity index (χ3v) is 2.38. The van der Waals surface area contributed by atoms with Gasteiger partial charge >= 0.3 is 0 Å². The van der Waals surface area contributed by atoms with Crippen LogP contribution in [0, 0.1) is 5.92 Å². The quantitative estimate of drug-likeness (QED) is 0.684. The molecule has 0 unspecified atom stereocenters. The Bertz CT molecular complexity index is 284. The van der Waals surface area contributed by atoms with Crippen molar-refractivity contribution in [1.29, 1.82) is 0 Å². The first-order valence-corrected chi connectivity index (χ1v) is 5.93. The summed E-state index contributed by atoms with van der Waals surface area (Å²) < 4.78 is 7.23. The van der Waals surface area contributed by atoms with Crippen LogP contribution in [0.25, 0.3) is 0 Å². The average Bonchev–Trinajstić information content (AvgIpc) is 2.66. The SMILES string of the molecule is COCCCn1ccnc1CNCC(C)C. The molecule has 0 saturated heterocycles. The molecule has 0 aliphatic carbocycles. The minimum atomic E-state index is 0.678. The summed E-state index contributed by atoms with van der Waals surface area (Å²) in [7, 11) is 1.74. The lowest BCUT2D eigenvalue weighted by molar-refractivity contribution is 0.190. The zero-order valence-corrected chi connectivity index (χ0v) is 10.6. The van der Waals surface area contributed by atoms with Gasteiger partial charge in [0.25, 0.3) is 0 Å². The van der Waals surface area contributed by atoms with E-state index in [0.29, 0.717) is 5.92 Å². The Morgan fingerprint density at radius 3 is 3.00 bits per heavy atom. The summed E-state index contributed by atoms with van der Waals surface area (Å²) >= 11 is 0. The molecule has 16 heavy (non-hydrogen) atoms. The molecule has 0 radical (unpaired) electrons. The van der Waals surface area contributed by atoms with Crippen LogP contribution >= 0.6 is 0 Å². The lowest BCUT2D eigenvalue weighted by Crippen LogP contribution is -2.21. The predicted octanol–water partition coefficient (Wildman–Crippen LogP) is 1.67. The molecule has 4 heteroatoms. The van der Waals surface area contributed by atoms with Gasteiger partial charge in [-0.3, -0.25) is 0 Å². The topological polar surface area (TPSA) is 39.1 Å². The van der Waals surface area contributed by atoms with Crippen LogP contribution in [0.5, 0.6) is 0 Å². The first kappa shape index (κ1) is 13.2. The van der Waals surface area contributed by atoms with E-state index in [1.165, 1.54) is 0 Å². The van der Waals surface area contributed by atoms with Gasteiger partial charge in [-0.05, 0) is 18.9 Å². The van der Waals surface area contributed by atoms with Crippen LogP contribution in [-0.4, -0.2) is 29.8 Å². The van der Waals surface area contributed by atoms with Gasteiger partial charge in [-0.15, -0.1) is 0 Å². The van der Waals surface area contributed by atoms with Crippen molar-refractivity contribution < 1.29 is 4.74 Å². The molecule has 1 rings (SSSR count). The largest absolute Gasteiger partial charge is 0.385 e.